The topological polar surface area (TPSA) is 59.0 Å². The predicted octanol–water partition coefficient (Wildman–Crippen LogP) is 1.16. The Kier molecular flexibility index (Phi) is 5.31. The van der Waals surface area contributed by atoms with Crippen LogP contribution in [0, 0.1) is 5.82 Å². The van der Waals surface area contributed by atoms with Crippen LogP contribution in [0.2, 0.25) is 0 Å². The maximum Gasteiger partial charge on any atom is 0.307 e. The number of benzene rings is 1. The molecule has 2 rings (SSSR count). The van der Waals surface area contributed by atoms with Crippen molar-refractivity contribution in [2.45, 2.75) is 6.42 Å². The van der Waals surface area contributed by atoms with Gasteiger partial charge in [-0.05, 0) is 11.6 Å². The Morgan fingerprint density at radius 1 is 1.40 bits per heavy atom. The standard InChI is InChI=1S/C14H18FNO4/c15-13-10-12(2-1-11(13)9-14(17)18)20-8-5-16-3-6-19-7-4-16/h1-2,10H,3-9H2,(H,17,18). The molecule has 0 radical (unpaired) electrons. The highest BCUT2D eigenvalue weighted by molar-refractivity contribution is 5.70. The fourth-order valence-corrected chi connectivity index (χ4v) is 2.04. The van der Waals surface area contributed by atoms with E-state index in [0.29, 0.717) is 12.4 Å². The molecule has 1 aromatic carbocycles. The van der Waals surface area contributed by atoms with Gasteiger partial charge in [0.25, 0.3) is 0 Å². The fourth-order valence-electron chi connectivity index (χ4n) is 2.04. The molecule has 1 saturated heterocycles. The number of nitrogens with zero attached hydrogens (tertiary/aromatic N) is 1. The predicted molar refractivity (Wildman–Crippen MR) is 70.5 cm³/mol. The van der Waals surface area contributed by atoms with E-state index in [9.17, 15) is 9.18 Å². The highest BCUT2D eigenvalue weighted by Crippen LogP contribution is 2.17. The Bertz CT molecular complexity index is 460. The molecule has 20 heavy (non-hydrogen) atoms. The van der Waals surface area contributed by atoms with Crippen molar-refractivity contribution in [2.24, 2.45) is 0 Å². The number of hydrogen-bond acceptors (Lipinski definition) is 4. The van der Waals surface area contributed by atoms with Gasteiger partial charge in [0.15, 0.2) is 0 Å². The number of hydrogen-bond donors (Lipinski definition) is 1. The molecule has 0 saturated carbocycles. The lowest BCUT2D eigenvalue weighted by Gasteiger charge is -2.26. The van der Waals surface area contributed by atoms with Gasteiger partial charge in [0, 0.05) is 25.7 Å². The fraction of sp³-hybridized carbons (Fsp3) is 0.500. The maximum atomic E-state index is 13.6. The third-order valence-corrected chi connectivity index (χ3v) is 3.15. The molecule has 1 N–H and O–H groups in total. The lowest BCUT2D eigenvalue weighted by atomic mass is 10.1. The van der Waals surface area contributed by atoms with E-state index in [2.05, 4.69) is 4.90 Å². The first kappa shape index (κ1) is 14.7. The van der Waals surface area contributed by atoms with Gasteiger partial charge in [-0.25, -0.2) is 4.39 Å². The molecule has 5 nitrogen and oxygen atoms in total. The number of carboxylic acid groups (broad SMARTS) is 1. The lowest BCUT2D eigenvalue weighted by Crippen LogP contribution is -2.38. The first-order valence-electron chi connectivity index (χ1n) is 6.58. The summed E-state index contributed by atoms with van der Waals surface area (Å²) in [6.07, 6.45) is -0.320. The van der Waals surface area contributed by atoms with Crippen LogP contribution >= 0.6 is 0 Å². The van der Waals surface area contributed by atoms with Gasteiger partial charge in [0.2, 0.25) is 0 Å². The van der Waals surface area contributed by atoms with Crippen molar-refractivity contribution in [3.05, 3.63) is 29.6 Å². The van der Waals surface area contributed by atoms with Crippen molar-refractivity contribution in [3.63, 3.8) is 0 Å². The second-order valence-corrected chi connectivity index (χ2v) is 4.63. The van der Waals surface area contributed by atoms with Crippen LogP contribution in [-0.4, -0.2) is 55.4 Å². The molecular weight excluding hydrogens is 265 g/mol. The minimum absolute atomic E-state index is 0.165. The smallest absolute Gasteiger partial charge is 0.307 e. The van der Waals surface area contributed by atoms with Crippen molar-refractivity contribution in [3.8, 4) is 5.75 Å². The van der Waals surface area contributed by atoms with Crippen molar-refractivity contribution in [1.29, 1.82) is 0 Å². The summed E-state index contributed by atoms with van der Waals surface area (Å²) in [5.74, 6) is -1.17. The molecule has 0 aliphatic carbocycles. The quantitative estimate of drug-likeness (QED) is 0.849. The number of halogens is 1. The molecule has 1 fully saturated rings. The highest BCUT2D eigenvalue weighted by Gasteiger charge is 2.11. The number of morpholine rings is 1. The zero-order chi connectivity index (χ0) is 14.4. The van der Waals surface area contributed by atoms with Crippen molar-refractivity contribution in [2.75, 3.05) is 39.5 Å². The Balaban J connectivity index is 1.80. The Labute approximate surface area is 116 Å². The first-order chi connectivity index (χ1) is 9.65. The van der Waals surface area contributed by atoms with E-state index >= 15 is 0 Å². The molecule has 1 aliphatic rings. The summed E-state index contributed by atoms with van der Waals surface area (Å²) < 4.78 is 24.3. The van der Waals surface area contributed by atoms with Gasteiger partial charge in [-0.3, -0.25) is 9.69 Å². The molecule has 0 aromatic heterocycles. The second-order valence-electron chi connectivity index (χ2n) is 4.63. The summed E-state index contributed by atoms with van der Waals surface area (Å²) in [7, 11) is 0. The van der Waals surface area contributed by atoms with Crippen LogP contribution in [-0.2, 0) is 16.0 Å². The van der Waals surface area contributed by atoms with Crippen LogP contribution in [0.4, 0.5) is 4.39 Å². The molecule has 1 aliphatic heterocycles. The van der Waals surface area contributed by atoms with Gasteiger partial charge in [-0.1, -0.05) is 6.07 Å². The largest absolute Gasteiger partial charge is 0.492 e. The number of aliphatic carboxylic acids is 1. The third kappa shape index (κ3) is 4.47. The zero-order valence-electron chi connectivity index (χ0n) is 11.2. The zero-order valence-corrected chi connectivity index (χ0v) is 11.2. The molecular formula is C14H18FNO4. The average molecular weight is 283 g/mol. The molecule has 1 aromatic rings. The lowest BCUT2D eigenvalue weighted by molar-refractivity contribution is -0.136. The van der Waals surface area contributed by atoms with E-state index in [4.69, 9.17) is 14.6 Å². The van der Waals surface area contributed by atoms with E-state index in [1.807, 2.05) is 0 Å². The van der Waals surface area contributed by atoms with Crippen molar-refractivity contribution < 1.29 is 23.8 Å². The summed E-state index contributed by atoms with van der Waals surface area (Å²) in [4.78, 5) is 12.8. The van der Waals surface area contributed by atoms with E-state index in [1.54, 1.807) is 6.07 Å². The van der Waals surface area contributed by atoms with Gasteiger partial charge >= 0.3 is 5.97 Å². The minimum Gasteiger partial charge on any atom is -0.492 e. The highest BCUT2D eigenvalue weighted by atomic mass is 19.1. The summed E-state index contributed by atoms with van der Waals surface area (Å²) in [5.41, 5.74) is 0.165. The third-order valence-electron chi connectivity index (χ3n) is 3.15. The van der Waals surface area contributed by atoms with Gasteiger partial charge in [0.1, 0.15) is 18.2 Å². The molecule has 0 atom stereocenters. The SMILES string of the molecule is O=C(O)Cc1ccc(OCCN2CCOCC2)cc1F. The molecule has 110 valence electrons. The average Bonchev–Trinajstić information content (AvgIpc) is 2.43. The summed E-state index contributed by atoms with van der Waals surface area (Å²) in [6, 6.07) is 4.28. The maximum absolute atomic E-state index is 13.6. The minimum atomic E-state index is -1.05. The molecule has 0 bridgehead atoms. The number of carboxylic acids is 1. The normalized spacial score (nSPS) is 16.1. The Hall–Kier alpha value is -1.66. The monoisotopic (exact) mass is 283 g/mol. The van der Waals surface area contributed by atoms with E-state index in [1.165, 1.54) is 12.1 Å². The molecule has 0 unspecified atom stereocenters. The molecule has 6 heteroatoms. The summed E-state index contributed by atoms with van der Waals surface area (Å²) >= 11 is 0. The molecule has 0 spiro atoms. The van der Waals surface area contributed by atoms with Crippen molar-refractivity contribution in [1.82, 2.24) is 4.90 Å². The summed E-state index contributed by atoms with van der Waals surface area (Å²) in [6.45, 7) is 4.47. The van der Waals surface area contributed by atoms with Crippen LogP contribution < -0.4 is 4.74 Å². The number of carbonyl (C=O) groups is 1. The summed E-state index contributed by atoms with van der Waals surface area (Å²) in [5, 5.41) is 8.63. The van der Waals surface area contributed by atoms with Crippen LogP contribution in [0.25, 0.3) is 0 Å². The molecule has 1 heterocycles. The van der Waals surface area contributed by atoms with Gasteiger partial charge in [0.05, 0.1) is 19.6 Å². The Morgan fingerprint density at radius 3 is 2.80 bits per heavy atom. The molecule has 0 amide bonds. The van der Waals surface area contributed by atoms with Crippen molar-refractivity contribution >= 4 is 5.97 Å². The number of ether oxygens (including phenoxy) is 2. The van der Waals surface area contributed by atoms with Gasteiger partial charge < -0.3 is 14.6 Å². The second kappa shape index (κ2) is 7.21. The van der Waals surface area contributed by atoms with E-state index in [-0.39, 0.29) is 12.0 Å². The first-order valence-corrected chi connectivity index (χ1v) is 6.58. The van der Waals surface area contributed by atoms with Crippen LogP contribution in [0.3, 0.4) is 0 Å². The van der Waals surface area contributed by atoms with Crippen LogP contribution in [0.1, 0.15) is 5.56 Å². The van der Waals surface area contributed by atoms with Crippen LogP contribution in [0.15, 0.2) is 18.2 Å². The van der Waals surface area contributed by atoms with E-state index in [0.717, 1.165) is 32.8 Å². The van der Waals surface area contributed by atoms with Gasteiger partial charge in [-0.15, -0.1) is 0 Å². The Morgan fingerprint density at radius 2 is 2.15 bits per heavy atom. The number of rotatable bonds is 6. The van der Waals surface area contributed by atoms with Gasteiger partial charge in [-0.2, -0.15) is 0 Å². The van der Waals surface area contributed by atoms with Crippen LogP contribution in [0.5, 0.6) is 5.75 Å². The van der Waals surface area contributed by atoms with E-state index < -0.39 is 11.8 Å².